The fraction of sp³-hybridized carbons (Fsp3) is 0.286. The van der Waals surface area contributed by atoms with Crippen LogP contribution in [0.1, 0.15) is 38.7 Å². The van der Waals surface area contributed by atoms with Crippen molar-refractivity contribution in [1.29, 1.82) is 0 Å². The number of carbonyl (C=O) groups is 2. The van der Waals surface area contributed by atoms with E-state index in [1.807, 2.05) is 29.6 Å². The van der Waals surface area contributed by atoms with Crippen molar-refractivity contribution >= 4 is 110 Å². The fourth-order valence-electron chi connectivity index (χ4n) is 3.54. The Bertz CT molecular complexity index is 1320. The van der Waals surface area contributed by atoms with Crippen LogP contribution in [-0.4, -0.2) is 44.1 Å². The molecule has 1 aromatic heterocycles. The summed E-state index contributed by atoms with van der Waals surface area (Å²) in [6.45, 7) is 4.96. The van der Waals surface area contributed by atoms with Gasteiger partial charge in [-0.15, -0.1) is 52.8 Å². The molecule has 3 aromatic rings. The van der Waals surface area contributed by atoms with Crippen molar-refractivity contribution in [2.75, 3.05) is 18.6 Å². The number of aromatic nitrogens is 1. The molecule has 0 atom stereocenters. The maximum absolute atomic E-state index is 13.3. The molecule has 38 heavy (non-hydrogen) atoms. The summed E-state index contributed by atoms with van der Waals surface area (Å²) in [6, 6.07) is 13.8. The number of halogens is 3. The lowest BCUT2D eigenvalue weighted by atomic mass is 10.1. The summed E-state index contributed by atoms with van der Waals surface area (Å²) in [6.07, 6.45) is 3.19. The molecule has 0 saturated carbocycles. The number of hydrogen-bond acceptors (Lipinski definition) is 6. The second-order valence-electron chi connectivity index (χ2n) is 8.18. The first-order valence-corrected chi connectivity index (χ1v) is 20.4. The molecule has 204 valence electrons. The molecule has 0 spiro atoms. The lowest BCUT2D eigenvalue weighted by Crippen LogP contribution is -2.33. The van der Waals surface area contributed by atoms with E-state index in [1.165, 1.54) is 26.9 Å². The van der Waals surface area contributed by atoms with E-state index < -0.39 is 53.3 Å². The normalized spacial score (nSPS) is 11.2. The lowest BCUT2D eigenvalue weighted by molar-refractivity contribution is -0.151. The van der Waals surface area contributed by atoms with Crippen molar-refractivity contribution in [3.63, 3.8) is 0 Å². The number of thiazole rings is 1. The van der Waals surface area contributed by atoms with E-state index >= 15 is 0 Å². The number of amides is 1. The molecule has 0 aliphatic carbocycles. The SMILES string of the molecule is C=Ic1ccc(-c2csc(N(C(=O)C(=O)OC)c3ccc(OCCCCC)c(C(C)(I=C)I=C)c3)n2)cc1. The number of methoxy groups -OCH3 is 1. The van der Waals surface area contributed by atoms with Crippen molar-refractivity contribution in [1.82, 2.24) is 4.98 Å². The molecule has 0 aliphatic rings. The molecule has 6 nitrogen and oxygen atoms in total. The molecule has 1 heterocycles. The molecule has 0 aliphatic heterocycles. The minimum absolute atomic E-state index is 0.166. The summed E-state index contributed by atoms with van der Waals surface area (Å²) in [5, 5.41) is 2.28. The quantitative estimate of drug-likeness (QED) is 0.0613. The zero-order valence-electron chi connectivity index (χ0n) is 21.6. The lowest BCUT2D eigenvalue weighted by Gasteiger charge is -2.26. The molecule has 1 amide bonds. The number of ether oxygens (including phenoxy) is 2. The molecular formula is C28H31I3N2O4S. The number of hydrogen-bond donors (Lipinski definition) is 0. The summed E-state index contributed by atoms with van der Waals surface area (Å²) in [5.41, 5.74) is 3.20. The van der Waals surface area contributed by atoms with Crippen molar-refractivity contribution < 1.29 is 19.1 Å². The summed E-state index contributed by atoms with van der Waals surface area (Å²) in [5.74, 6) is -0.968. The third-order valence-electron chi connectivity index (χ3n) is 5.74. The number of esters is 1. The summed E-state index contributed by atoms with van der Waals surface area (Å²) in [7, 11) is 1.20. The third-order valence-corrected chi connectivity index (χ3v) is 16.1. The van der Waals surface area contributed by atoms with Gasteiger partial charge < -0.3 is 9.47 Å². The van der Waals surface area contributed by atoms with Crippen molar-refractivity contribution in [2.24, 2.45) is 0 Å². The van der Waals surface area contributed by atoms with Gasteiger partial charge in [0.15, 0.2) is 5.13 Å². The van der Waals surface area contributed by atoms with Crippen LogP contribution in [0.15, 0.2) is 47.8 Å². The van der Waals surface area contributed by atoms with Gasteiger partial charge in [0.1, 0.15) is 5.75 Å². The Balaban J connectivity index is 2.10. The largest absolute Gasteiger partial charge is 0.493 e. The standard InChI is InChI=1S/C28H31I3N2O4S/c1-7-8-9-16-37-24-15-14-21(17-22(24)28(2,30-4)31-5)33(25(34)26(35)36-6)27-32-23(18-38-27)19-10-12-20(29-3)13-11-19/h10-15,17-18H,3-5,7-9,16H2,1-2,6H3. The Hall–Kier alpha value is -1.39. The van der Waals surface area contributed by atoms with E-state index in [4.69, 9.17) is 14.5 Å². The minimum Gasteiger partial charge on any atom is -0.493 e. The predicted octanol–water partition coefficient (Wildman–Crippen LogP) is 7.77. The van der Waals surface area contributed by atoms with E-state index in [2.05, 4.69) is 39.5 Å². The Kier molecular flexibility index (Phi) is 12.2. The Morgan fingerprint density at radius 2 is 1.79 bits per heavy atom. The van der Waals surface area contributed by atoms with Crippen LogP contribution in [0.3, 0.4) is 0 Å². The number of rotatable bonds is 12. The van der Waals surface area contributed by atoms with Crippen LogP contribution in [0.2, 0.25) is 0 Å². The monoisotopic (exact) mass is 872 g/mol. The zero-order chi connectivity index (χ0) is 27.7. The number of carbonyl (C=O) groups excluding carboxylic acids is 2. The zero-order valence-corrected chi connectivity index (χ0v) is 28.9. The molecule has 2 aromatic carbocycles. The van der Waals surface area contributed by atoms with Gasteiger partial charge in [0.05, 0.1) is 26.5 Å². The molecule has 0 unspecified atom stereocenters. The van der Waals surface area contributed by atoms with Crippen molar-refractivity contribution in [3.05, 3.63) is 57.0 Å². The number of anilines is 2. The number of alkyl halides is 2. The molecule has 0 N–H and O–H groups in total. The van der Waals surface area contributed by atoms with Crippen LogP contribution in [0, 0.1) is 3.57 Å². The average Bonchev–Trinajstić information content (AvgIpc) is 3.44. The van der Waals surface area contributed by atoms with Crippen LogP contribution in [-0.2, 0) is 15.8 Å². The van der Waals surface area contributed by atoms with Crippen LogP contribution < -0.4 is 9.64 Å². The van der Waals surface area contributed by atoms with Crippen molar-refractivity contribution in [3.8, 4) is 17.0 Å². The van der Waals surface area contributed by atoms with Gasteiger partial charge in [-0.3, -0.25) is 4.79 Å². The smallest absolute Gasteiger partial charge is 0.397 e. The summed E-state index contributed by atoms with van der Waals surface area (Å²) >= 11 is 0.129. The highest BCUT2D eigenvalue weighted by Gasteiger charge is 2.32. The topological polar surface area (TPSA) is 68.7 Å². The summed E-state index contributed by atoms with van der Waals surface area (Å²) < 4.78 is 24.7. The van der Waals surface area contributed by atoms with Gasteiger partial charge in [-0.05, 0) is 43.7 Å². The molecule has 3 rings (SSSR count). The van der Waals surface area contributed by atoms with Gasteiger partial charge >= 0.3 is 11.9 Å². The maximum atomic E-state index is 13.3. The van der Waals surface area contributed by atoms with Crippen LogP contribution in [0.25, 0.3) is 11.3 Å². The maximum Gasteiger partial charge on any atom is 0.397 e. The first-order valence-electron chi connectivity index (χ1n) is 11.7. The predicted molar refractivity (Wildman–Crippen MR) is 188 cm³/mol. The van der Waals surface area contributed by atoms with E-state index in [0.717, 1.165) is 41.8 Å². The minimum atomic E-state index is -0.955. The highest BCUT2D eigenvalue weighted by atomic mass is 127. The number of unbranched alkanes of at least 4 members (excludes halogenated alkanes) is 2. The Morgan fingerprint density at radius 3 is 2.39 bits per heavy atom. The van der Waals surface area contributed by atoms with Gasteiger partial charge in [-0.25, -0.2) is 14.7 Å². The second-order valence-corrected chi connectivity index (χ2v) is 18.9. The van der Waals surface area contributed by atoms with Crippen LogP contribution in [0.5, 0.6) is 5.75 Å². The third kappa shape index (κ3) is 7.42. The van der Waals surface area contributed by atoms with Crippen molar-refractivity contribution in [2.45, 2.75) is 34.5 Å². The molecule has 10 heteroatoms. The van der Waals surface area contributed by atoms with Crippen LogP contribution >= 0.6 is 73.5 Å². The first-order chi connectivity index (χ1) is 18.3. The molecule has 0 bridgehead atoms. The van der Waals surface area contributed by atoms with E-state index in [9.17, 15) is 9.59 Å². The van der Waals surface area contributed by atoms with E-state index in [1.54, 1.807) is 6.07 Å². The van der Waals surface area contributed by atoms with Gasteiger partial charge in [-0.1, -0.05) is 66.2 Å². The molecule has 0 fully saturated rings. The first kappa shape index (κ1) is 31.1. The molecule has 0 radical (unpaired) electrons. The number of benzene rings is 2. The average molecular weight is 872 g/mol. The van der Waals surface area contributed by atoms with E-state index in [0.29, 0.717) is 17.4 Å². The van der Waals surface area contributed by atoms with Gasteiger partial charge in [-0.2, -0.15) is 0 Å². The Labute approximate surface area is 258 Å². The summed E-state index contributed by atoms with van der Waals surface area (Å²) in [4.78, 5) is 31.8. The van der Waals surface area contributed by atoms with Crippen LogP contribution in [0.4, 0.5) is 10.8 Å². The molecule has 0 saturated heterocycles. The Morgan fingerprint density at radius 1 is 1.08 bits per heavy atom. The number of nitrogens with zero attached hydrogens (tertiary/aromatic N) is 2. The fourth-order valence-corrected chi connectivity index (χ4v) is 8.50. The van der Waals surface area contributed by atoms with Gasteiger partial charge in [0.25, 0.3) is 0 Å². The molecular weight excluding hydrogens is 841 g/mol. The van der Waals surface area contributed by atoms with Gasteiger partial charge in [0, 0.05) is 20.1 Å². The highest BCUT2D eigenvalue weighted by Crippen LogP contribution is 2.50. The van der Waals surface area contributed by atoms with E-state index in [-0.39, 0.29) is 22.2 Å². The second kappa shape index (κ2) is 14.8. The van der Waals surface area contributed by atoms with Gasteiger partial charge in [0.2, 0.25) is 0 Å². The highest BCUT2D eigenvalue weighted by molar-refractivity contribution is 14.2.